The molecule has 3 rings (SSSR count). The number of hydrogen-bond acceptors (Lipinski definition) is 4. The van der Waals surface area contributed by atoms with Gasteiger partial charge in [-0.25, -0.2) is 0 Å². The van der Waals surface area contributed by atoms with Crippen LogP contribution in [0.2, 0.25) is 0 Å². The number of carbonyl (C=O) groups is 3. The van der Waals surface area contributed by atoms with Crippen molar-refractivity contribution < 1.29 is 19.1 Å². The first-order chi connectivity index (χ1) is 11.3. The maximum Gasteiger partial charge on any atom is 0.322 e. The average molecular weight is 443 g/mol. The van der Waals surface area contributed by atoms with Gasteiger partial charge in [-0.05, 0) is 34.8 Å². The predicted octanol–water partition coefficient (Wildman–Crippen LogP) is 2.29. The van der Waals surface area contributed by atoms with Gasteiger partial charge in [0.1, 0.15) is 0 Å². The van der Waals surface area contributed by atoms with Gasteiger partial charge in [-0.1, -0.05) is 42.7 Å². The monoisotopic (exact) mass is 443 g/mol. The number of ether oxygens (including phenoxy) is 1. The minimum Gasteiger partial charge on any atom is -0.468 e. The summed E-state index contributed by atoms with van der Waals surface area (Å²) in [5.41, 5.74) is -1.17. The van der Waals surface area contributed by atoms with Crippen LogP contribution in [0.1, 0.15) is 26.2 Å². The Morgan fingerprint density at radius 1 is 1.42 bits per heavy atom. The Morgan fingerprint density at radius 3 is 2.67 bits per heavy atom. The molecule has 3 aliphatic rings. The van der Waals surface area contributed by atoms with E-state index in [4.69, 9.17) is 4.74 Å². The van der Waals surface area contributed by atoms with Crippen molar-refractivity contribution in [3.05, 3.63) is 24.3 Å². The van der Waals surface area contributed by atoms with E-state index in [1.165, 1.54) is 7.11 Å². The summed E-state index contributed by atoms with van der Waals surface area (Å²) in [6, 6.07) is -0.195. The second-order valence-electron chi connectivity index (χ2n) is 7.13. The molecule has 5 nitrogen and oxygen atoms in total. The Morgan fingerprint density at radius 2 is 2.08 bits per heavy atom. The van der Waals surface area contributed by atoms with Gasteiger partial charge in [-0.2, -0.15) is 0 Å². The molecule has 0 radical (unpaired) electrons. The number of carbonyl (C=O) groups excluding carboxylic acids is 3. The van der Waals surface area contributed by atoms with Crippen LogP contribution in [0.4, 0.5) is 0 Å². The van der Waals surface area contributed by atoms with Gasteiger partial charge >= 0.3 is 5.97 Å². The Bertz CT molecular complexity index is 672. The maximum atomic E-state index is 13.4. The van der Waals surface area contributed by atoms with Gasteiger partial charge < -0.3 is 9.64 Å². The molecule has 4 atom stereocenters. The number of esters is 1. The van der Waals surface area contributed by atoms with Gasteiger partial charge in [0.05, 0.1) is 7.11 Å². The van der Waals surface area contributed by atoms with Gasteiger partial charge in [-0.15, -0.1) is 0 Å². The number of rotatable bonds is 4. The Balaban J connectivity index is 2.24. The van der Waals surface area contributed by atoms with Crippen LogP contribution in [-0.2, 0) is 19.1 Å². The van der Waals surface area contributed by atoms with Crippen molar-refractivity contribution >= 4 is 40.3 Å². The summed E-state index contributed by atoms with van der Waals surface area (Å²) in [6.07, 6.45) is 1.60. The summed E-state index contributed by atoms with van der Waals surface area (Å²) in [6.45, 7) is 10.2. The number of methoxy groups -OCH3 is 1. The van der Waals surface area contributed by atoms with E-state index in [1.807, 2.05) is 6.92 Å². The lowest BCUT2D eigenvalue weighted by Gasteiger charge is -2.50. The summed E-state index contributed by atoms with van der Waals surface area (Å²) in [4.78, 5) is 40.9. The van der Waals surface area contributed by atoms with E-state index in [-0.39, 0.29) is 23.7 Å². The summed E-state index contributed by atoms with van der Waals surface area (Å²) in [7, 11) is 1.30. The third-order valence-corrected chi connectivity index (χ3v) is 7.10. The molecule has 2 unspecified atom stereocenters. The fourth-order valence-electron chi connectivity index (χ4n) is 4.96. The first-order valence-electron chi connectivity index (χ1n) is 8.14. The molecule has 0 aromatic heterocycles. The van der Waals surface area contributed by atoms with Crippen LogP contribution in [0.3, 0.4) is 0 Å². The average Bonchev–Trinajstić information content (AvgIpc) is 2.77. The largest absolute Gasteiger partial charge is 0.468 e. The van der Waals surface area contributed by atoms with Crippen molar-refractivity contribution in [2.24, 2.45) is 16.7 Å². The topological polar surface area (TPSA) is 63.7 Å². The van der Waals surface area contributed by atoms with Crippen LogP contribution < -0.4 is 0 Å². The van der Waals surface area contributed by atoms with E-state index in [0.29, 0.717) is 31.4 Å². The normalized spacial score (nSPS) is 37.9. The number of amides is 1. The Kier molecular flexibility index (Phi) is 4.17. The second kappa shape index (κ2) is 5.68. The Labute approximate surface area is 155 Å². The van der Waals surface area contributed by atoms with Gasteiger partial charge in [-0.3, -0.25) is 14.4 Å². The minimum absolute atomic E-state index is 0.0733. The lowest BCUT2D eigenvalue weighted by Crippen LogP contribution is -2.57. The van der Waals surface area contributed by atoms with Crippen LogP contribution in [0.5, 0.6) is 0 Å². The zero-order chi connectivity index (χ0) is 17.9. The van der Waals surface area contributed by atoms with E-state index in [0.717, 1.165) is 10.0 Å². The smallest absolute Gasteiger partial charge is 0.322 e. The number of Topliss-reactive ketones (excluding diaryl/α,β-unsaturated/α-hetero) is 1. The molecule has 1 amide bonds. The molecule has 6 heteroatoms. The zero-order valence-electron chi connectivity index (χ0n) is 14.1. The molecule has 3 fully saturated rings. The highest BCUT2D eigenvalue weighted by Crippen LogP contribution is 2.64. The van der Waals surface area contributed by atoms with Crippen molar-refractivity contribution in [2.75, 3.05) is 18.1 Å². The predicted molar refractivity (Wildman–Crippen MR) is 97.6 cm³/mol. The van der Waals surface area contributed by atoms with Crippen LogP contribution in [0.25, 0.3) is 0 Å². The molecular weight excluding hydrogens is 421 g/mol. The number of fused-ring (bicyclic) bond motifs is 1. The van der Waals surface area contributed by atoms with Crippen LogP contribution in [0.15, 0.2) is 24.3 Å². The molecule has 0 aromatic carbocycles. The van der Waals surface area contributed by atoms with Gasteiger partial charge in [0.15, 0.2) is 11.2 Å². The van der Waals surface area contributed by atoms with E-state index >= 15 is 0 Å². The third-order valence-electron chi connectivity index (χ3n) is 6.34. The SMILES string of the molecule is C=C1CN2C(=O)[C@](CCCI)(C(=O)OC)[C@@]3(C)C(=C)C(=O)C1CC23. The first-order valence-corrected chi connectivity index (χ1v) is 9.66. The fraction of sp³-hybridized carbons (Fsp3) is 0.611. The molecule has 2 bridgehead atoms. The molecule has 1 aliphatic carbocycles. The van der Waals surface area contributed by atoms with Crippen molar-refractivity contribution in [3.63, 3.8) is 0 Å². The number of alkyl halides is 1. The lowest BCUT2D eigenvalue weighted by atomic mass is 9.52. The molecule has 24 heavy (non-hydrogen) atoms. The minimum atomic E-state index is -1.36. The molecule has 0 aromatic rings. The fourth-order valence-corrected chi connectivity index (χ4v) is 5.34. The van der Waals surface area contributed by atoms with Crippen molar-refractivity contribution in [1.29, 1.82) is 0 Å². The lowest BCUT2D eigenvalue weighted by molar-refractivity contribution is -0.164. The van der Waals surface area contributed by atoms with Gasteiger partial charge in [0, 0.05) is 23.9 Å². The van der Waals surface area contributed by atoms with Crippen molar-refractivity contribution in [2.45, 2.75) is 32.2 Å². The molecule has 2 saturated heterocycles. The van der Waals surface area contributed by atoms with Crippen LogP contribution in [-0.4, -0.2) is 46.7 Å². The molecule has 130 valence electrons. The molecular formula is C18H22INO4. The van der Waals surface area contributed by atoms with E-state index < -0.39 is 16.8 Å². The number of ketones is 1. The highest BCUT2D eigenvalue weighted by atomic mass is 127. The van der Waals surface area contributed by atoms with E-state index in [1.54, 1.807) is 4.90 Å². The number of piperidine rings is 1. The zero-order valence-corrected chi connectivity index (χ0v) is 16.2. The molecule has 0 N–H and O–H groups in total. The van der Waals surface area contributed by atoms with E-state index in [2.05, 4.69) is 35.7 Å². The standard InChI is InChI=1S/C18H22INO4/c1-10-9-20-13-8-12(10)14(21)11(2)17(13,3)18(15(20)22,6-5-7-19)16(23)24-4/h12-13H,1-2,5-9H2,3-4H3/t12?,13?,17-,18+/m0/s1. The molecule has 0 spiro atoms. The number of nitrogens with zero attached hydrogens (tertiary/aromatic N) is 1. The molecule has 1 saturated carbocycles. The summed E-state index contributed by atoms with van der Waals surface area (Å²) in [5, 5.41) is 0. The molecule has 2 heterocycles. The first kappa shape index (κ1) is 17.6. The maximum absolute atomic E-state index is 13.4. The number of halogens is 1. The van der Waals surface area contributed by atoms with Crippen molar-refractivity contribution in [3.8, 4) is 0 Å². The van der Waals surface area contributed by atoms with Crippen molar-refractivity contribution in [1.82, 2.24) is 4.90 Å². The third kappa shape index (κ3) is 1.83. The quantitative estimate of drug-likeness (QED) is 0.167. The molecule has 2 aliphatic heterocycles. The Hall–Kier alpha value is -1.18. The highest BCUT2D eigenvalue weighted by Gasteiger charge is 2.74. The summed E-state index contributed by atoms with van der Waals surface area (Å²) in [5.74, 6) is -1.14. The number of hydrogen-bond donors (Lipinski definition) is 0. The summed E-state index contributed by atoms with van der Waals surface area (Å²) < 4.78 is 5.89. The highest BCUT2D eigenvalue weighted by molar-refractivity contribution is 14.1. The van der Waals surface area contributed by atoms with Gasteiger partial charge in [0.2, 0.25) is 5.91 Å². The summed E-state index contributed by atoms with van der Waals surface area (Å²) >= 11 is 2.23. The van der Waals surface area contributed by atoms with Crippen LogP contribution >= 0.6 is 22.6 Å². The second-order valence-corrected chi connectivity index (χ2v) is 8.21. The van der Waals surface area contributed by atoms with Gasteiger partial charge in [0.25, 0.3) is 0 Å². The van der Waals surface area contributed by atoms with E-state index in [9.17, 15) is 14.4 Å². The van der Waals surface area contributed by atoms with Crippen LogP contribution in [0, 0.1) is 16.7 Å².